The smallest absolute Gasteiger partial charge is 0.361 e. The van der Waals surface area contributed by atoms with E-state index in [1.807, 2.05) is 21.1 Å². The number of carboxylic acids is 1. The predicted molar refractivity (Wildman–Crippen MR) is 419 cm³/mol. The summed E-state index contributed by atoms with van der Waals surface area (Å²) < 4.78 is 23.1. The van der Waals surface area contributed by atoms with Crippen LogP contribution in [0.3, 0.4) is 0 Å². The number of nitrogens with zero attached hydrogens (tertiary/aromatic N) is 1. The molecule has 0 rings (SSSR count). The second-order valence-corrected chi connectivity index (χ2v) is 29.1. The lowest BCUT2D eigenvalue weighted by molar-refractivity contribution is -0.870. The molecule has 0 aliphatic rings. The summed E-state index contributed by atoms with van der Waals surface area (Å²) in [5.74, 6) is -1.99. The maximum Gasteiger partial charge on any atom is 0.361 e. The fourth-order valence-electron chi connectivity index (χ4n) is 12.1. The van der Waals surface area contributed by atoms with E-state index in [9.17, 15) is 19.5 Å². The van der Waals surface area contributed by atoms with E-state index in [-0.39, 0.29) is 32.2 Å². The van der Waals surface area contributed by atoms with Crippen LogP contribution in [0.25, 0.3) is 0 Å². The third-order valence-corrected chi connectivity index (χ3v) is 18.4. The molecule has 562 valence electrons. The fourth-order valence-corrected chi connectivity index (χ4v) is 12.1. The molecule has 0 heterocycles. The van der Waals surface area contributed by atoms with Gasteiger partial charge in [0, 0.05) is 12.8 Å². The number of esters is 2. The molecular formula is C88H158NO8+. The van der Waals surface area contributed by atoms with Crippen LogP contribution >= 0.6 is 0 Å². The number of likely N-dealkylation sites (N-methyl/N-ethyl adjacent to an activating group) is 1. The minimum atomic E-state index is -1.52. The number of carboxylic acid groups (broad SMARTS) is 1. The molecule has 0 bridgehead atoms. The predicted octanol–water partition coefficient (Wildman–Crippen LogP) is 26.7. The summed E-state index contributed by atoms with van der Waals surface area (Å²) in [6.07, 6.45) is 106. The summed E-state index contributed by atoms with van der Waals surface area (Å²) >= 11 is 0. The zero-order chi connectivity index (χ0) is 70.4. The van der Waals surface area contributed by atoms with Gasteiger partial charge in [-0.2, -0.15) is 0 Å². The Morgan fingerprint density at radius 1 is 0.320 bits per heavy atom. The molecule has 0 aromatic rings. The second kappa shape index (κ2) is 77.9. The number of aliphatic carboxylic acids is 1. The molecule has 0 aromatic carbocycles. The number of hydrogen-bond donors (Lipinski definition) is 1. The maximum atomic E-state index is 13.0. The number of unbranched alkanes of at least 4 members (excludes halogenated alkanes) is 46. The molecule has 0 aliphatic carbocycles. The molecule has 0 amide bonds. The lowest BCUT2D eigenvalue weighted by Crippen LogP contribution is -2.40. The average molecular weight is 1360 g/mol. The van der Waals surface area contributed by atoms with Crippen molar-refractivity contribution >= 4 is 17.9 Å². The van der Waals surface area contributed by atoms with Crippen molar-refractivity contribution in [3.63, 3.8) is 0 Å². The van der Waals surface area contributed by atoms with Crippen LogP contribution in [0.5, 0.6) is 0 Å². The molecule has 0 radical (unpaired) electrons. The molecule has 9 heteroatoms. The van der Waals surface area contributed by atoms with Gasteiger partial charge in [0.25, 0.3) is 6.29 Å². The third kappa shape index (κ3) is 79.4. The molecule has 9 nitrogen and oxygen atoms in total. The molecule has 0 saturated carbocycles. The van der Waals surface area contributed by atoms with E-state index in [1.54, 1.807) is 0 Å². The van der Waals surface area contributed by atoms with Crippen molar-refractivity contribution in [1.29, 1.82) is 0 Å². The summed E-state index contributed by atoms with van der Waals surface area (Å²) in [6.45, 7) is 4.81. The second-order valence-electron chi connectivity index (χ2n) is 29.1. The monoisotopic (exact) mass is 1360 g/mol. The van der Waals surface area contributed by atoms with Gasteiger partial charge in [-0.05, 0) is 77.0 Å². The molecule has 2 atom stereocenters. The van der Waals surface area contributed by atoms with Crippen LogP contribution in [-0.2, 0) is 33.3 Å². The summed E-state index contributed by atoms with van der Waals surface area (Å²) in [7, 11) is 5.99. The van der Waals surface area contributed by atoms with Crippen molar-refractivity contribution in [1.82, 2.24) is 0 Å². The normalized spacial score (nSPS) is 13.1. The van der Waals surface area contributed by atoms with Crippen molar-refractivity contribution in [3.05, 3.63) is 97.2 Å². The van der Waals surface area contributed by atoms with E-state index in [4.69, 9.17) is 18.9 Å². The Morgan fingerprint density at radius 3 is 0.876 bits per heavy atom. The van der Waals surface area contributed by atoms with E-state index in [0.717, 1.165) is 96.3 Å². The topological polar surface area (TPSA) is 108 Å². The highest BCUT2D eigenvalue weighted by molar-refractivity contribution is 5.71. The minimum absolute atomic E-state index is 0.184. The van der Waals surface area contributed by atoms with E-state index < -0.39 is 24.3 Å². The summed E-state index contributed by atoms with van der Waals surface area (Å²) in [5.41, 5.74) is 0. The van der Waals surface area contributed by atoms with E-state index in [0.29, 0.717) is 23.9 Å². The summed E-state index contributed by atoms with van der Waals surface area (Å²) in [5, 5.41) is 9.78. The fraction of sp³-hybridized carbons (Fsp3) is 0.784. The number of quaternary nitrogens is 1. The first-order valence-electron chi connectivity index (χ1n) is 41.4. The Kier molecular flexibility index (Phi) is 74.9. The average Bonchev–Trinajstić information content (AvgIpc) is 3.74. The van der Waals surface area contributed by atoms with Crippen LogP contribution in [0.15, 0.2) is 97.2 Å². The van der Waals surface area contributed by atoms with E-state index in [1.165, 1.54) is 257 Å². The summed E-state index contributed by atoms with van der Waals surface area (Å²) in [6, 6.07) is 0. The van der Waals surface area contributed by atoms with Crippen LogP contribution in [0.1, 0.15) is 386 Å². The van der Waals surface area contributed by atoms with Gasteiger partial charge in [-0.25, -0.2) is 4.79 Å². The molecule has 0 fully saturated rings. The Bertz CT molecular complexity index is 1920. The van der Waals surface area contributed by atoms with E-state index >= 15 is 0 Å². The molecule has 97 heavy (non-hydrogen) atoms. The van der Waals surface area contributed by atoms with Crippen molar-refractivity contribution in [2.45, 2.75) is 399 Å². The van der Waals surface area contributed by atoms with Gasteiger partial charge in [-0.3, -0.25) is 9.59 Å². The highest BCUT2D eigenvalue weighted by Crippen LogP contribution is 2.20. The molecule has 0 spiro atoms. The first kappa shape index (κ1) is 93.2. The zero-order valence-corrected chi connectivity index (χ0v) is 64.5. The number of allylic oxidation sites excluding steroid dienone is 16. The Labute approximate surface area is 601 Å². The van der Waals surface area contributed by atoms with Gasteiger partial charge in [-0.15, -0.1) is 0 Å². The van der Waals surface area contributed by atoms with Crippen LogP contribution < -0.4 is 0 Å². The maximum absolute atomic E-state index is 13.0. The Balaban J connectivity index is 4.01. The lowest BCUT2D eigenvalue weighted by Gasteiger charge is -2.25. The SMILES string of the molecule is CC/C=C\C/C=C\C/C=C\C/C=C\C/C=C\C/C=C\C/C=C\C/C=C\CCCCCCCCCCCCC(=O)OC(COC(=O)CCCCCCCCCCCCCCCCCCCCCCCCCCCCCCCCCCCCCCC)COC(OCC[N+](C)(C)C)C(=O)O. The van der Waals surface area contributed by atoms with Crippen molar-refractivity contribution in [3.8, 4) is 0 Å². The molecule has 1 N–H and O–H groups in total. The van der Waals surface area contributed by atoms with Crippen molar-refractivity contribution in [2.24, 2.45) is 0 Å². The van der Waals surface area contributed by atoms with Crippen molar-refractivity contribution < 1.29 is 42.9 Å². The van der Waals surface area contributed by atoms with Gasteiger partial charge in [-0.1, -0.05) is 394 Å². The lowest BCUT2D eigenvalue weighted by atomic mass is 10.0. The van der Waals surface area contributed by atoms with Crippen LogP contribution in [0.4, 0.5) is 0 Å². The van der Waals surface area contributed by atoms with Gasteiger partial charge in [0.05, 0.1) is 34.4 Å². The highest BCUT2D eigenvalue weighted by Gasteiger charge is 2.25. The molecule has 0 saturated heterocycles. The summed E-state index contributed by atoms with van der Waals surface area (Å²) in [4.78, 5) is 37.8. The number of rotatable bonds is 77. The van der Waals surface area contributed by atoms with Gasteiger partial charge in [0.2, 0.25) is 0 Å². The van der Waals surface area contributed by atoms with Gasteiger partial charge in [0.1, 0.15) is 13.2 Å². The minimum Gasteiger partial charge on any atom is -0.477 e. The molecule has 2 unspecified atom stereocenters. The Hall–Kier alpha value is -3.79. The molecule has 0 aliphatic heterocycles. The standard InChI is InChI=1S/C88H157NO8/c1-6-8-10-12-14-16-18-20-22-24-26-28-30-32-34-36-38-40-42-43-45-46-48-50-52-54-56-58-60-62-64-66-68-70-72-74-76-78-85(90)95-82-84(83-96-88(87(92)93)94-81-80-89(3,4)5)97-86(91)79-77-75-73-71-69-67-65-63-61-59-57-55-53-51-49-47-44-41-39-37-35-33-31-29-27-25-23-21-19-17-15-13-11-9-7-2/h9,11,15,17,21,23,27,29,33,35,39,41,47,49,53,55,84,88H,6-8,10,12-14,16,18-20,22,24-26,28,30-32,34,36-38,40,42-46,48,50-52,54,56-83H2,1-5H3/p+1/b11-9-,17-15-,23-21-,29-27-,35-33-,41-39-,49-47-,55-53-. The van der Waals surface area contributed by atoms with Gasteiger partial charge < -0.3 is 28.5 Å². The van der Waals surface area contributed by atoms with Crippen LogP contribution in [-0.4, -0.2) is 87.4 Å². The molecular weight excluding hydrogens is 1200 g/mol. The van der Waals surface area contributed by atoms with Crippen LogP contribution in [0, 0.1) is 0 Å². The number of carbonyl (C=O) groups excluding carboxylic acids is 2. The van der Waals surface area contributed by atoms with Gasteiger partial charge in [0.15, 0.2) is 6.10 Å². The zero-order valence-electron chi connectivity index (χ0n) is 64.5. The van der Waals surface area contributed by atoms with Gasteiger partial charge >= 0.3 is 17.9 Å². The number of ether oxygens (including phenoxy) is 4. The number of hydrogen-bond acceptors (Lipinski definition) is 7. The first-order chi connectivity index (χ1) is 47.6. The first-order valence-corrected chi connectivity index (χ1v) is 41.4. The largest absolute Gasteiger partial charge is 0.477 e. The van der Waals surface area contributed by atoms with E-state index in [2.05, 4.69) is 111 Å². The number of carbonyl (C=O) groups is 3. The molecule has 0 aromatic heterocycles. The quantitative estimate of drug-likeness (QED) is 0.0211. The highest BCUT2D eigenvalue weighted by atomic mass is 16.7. The third-order valence-electron chi connectivity index (χ3n) is 18.4. The Morgan fingerprint density at radius 2 is 0.588 bits per heavy atom. The van der Waals surface area contributed by atoms with Crippen molar-refractivity contribution in [2.75, 3.05) is 47.5 Å². The van der Waals surface area contributed by atoms with Crippen LogP contribution in [0.2, 0.25) is 0 Å².